The molecule has 0 atom stereocenters. The van der Waals surface area contributed by atoms with Gasteiger partial charge >= 0.3 is 0 Å². The second kappa shape index (κ2) is 10.1. The molecule has 0 saturated heterocycles. The lowest BCUT2D eigenvalue weighted by molar-refractivity contribution is 0.515. The predicted molar refractivity (Wildman–Crippen MR) is 94.6 cm³/mol. The zero-order chi connectivity index (χ0) is 14.8. The molecule has 0 unspecified atom stereocenters. The zero-order valence-corrected chi connectivity index (χ0v) is 14.3. The fourth-order valence-corrected chi connectivity index (χ4v) is 3.09. The molecule has 0 amide bonds. The predicted octanol–water partition coefficient (Wildman–Crippen LogP) is 6.59. The average molecular weight is 291 g/mol. The molecule has 0 aliphatic rings. The highest BCUT2D eigenvalue weighted by atomic mass is 32.2. The lowest BCUT2D eigenvalue weighted by Crippen LogP contribution is -1.90. The second-order valence-corrected chi connectivity index (χ2v) is 6.83. The summed E-state index contributed by atoms with van der Waals surface area (Å²) in [6.45, 7) is 8.54. The molecule has 0 aliphatic heterocycles. The van der Waals surface area contributed by atoms with Crippen LogP contribution in [0.2, 0.25) is 0 Å². The first-order valence-electron chi connectivity index (χ1n) is 7.96. The molecule has 1 rings (SSSR count). The van der Waals surface area contributed by atoms with E-state index in [0.29, 0.717) is 0 Å². The van der Waals surface area contributed by atoms with Gasteiger partial charge in [-0.2, -0.15) is 0 Å². The van der Waals surface area contributed by atoms with E-state index in [9.17, 15) is 0 Å². The van der Waals surface area contributed by atoms with Gasteiger partial charge in [-0.05, 0) is 42.2 Å². The molecule has 0 aliphatic carbocycles. The summed E-state index contributed by atoms with van der Waals surface area (Å²) in [6, 6.07) is 6.81. The van der Waals surface area contributed by atoms with Gasteiger partial charge in [-0.25, -0.2) is 0 Å². The summed E-state index contributed by atoms with van der Waals surface area (Å²) < 4.78 is 0. The molecule has 0 N–H and O–H groups in total. The molecule has 0 radical (unpaired) electrons. The molecule has 1 aromatic carbocycles. The Balaban J connectivity index is 2.23. The van der Waals surface area contributed by atoms with Crippen molar-refractivity contribution in [2.24, 2.45) is 5.92 Å². The van der Waals surface area contributed by atoms with Gasteiger partial charge < -0.3 is 0 Å². The summed E-state index contributed by atoms with van der Waals surface area (Å²) in [7, 11) is 0. The van der Waals surface area contributed by atoms with Crippen LogP contribution in [0.3, 0.4) is 0 Å². The van der Waals surface area contributed by atoms with E-state index in [1.807, 2.05) is 6.08 Å². The summed E-state index contributed by atoms with van der Waals surface area (Å²) >= 11 is 1.80. The molecule has 1 heteroatoms. The molecule has 0 aromatic heterocycles. The van der Waals surface area contributed by atoms with E-state index >= 15 is 0 Å². The van der Waals surface area contributed by atoms with Crippen molar-refractivity contribution < 1.29 is 0 Å². The number of hydrogen-bond acceptors (Lipinski definition) is 1. The van der Waals surface area contributed by atoms with Crippen LogP contribution in [0.1, 0.15) is 63.5 Å². The molecule has 20 heavy (non-hydrogen) atoms. The molecule has 0 fully saturated rings. The SMILES string of the molecule is C=Cc1cc(CCCCCCCC(C)C)ccc1SC. The normalized spacial score (nSPS) is 11.0. The minimum Gasteiger partial charge on any atom is -0.129 e. The summed E-state index contributed by atoms with van der Waals surface area (Å²) in [4.78, 5) is 1.33. The van der Waals surface area contributed by atoms with Gasteiger partial charge in [-0.3, -0.25) is 0 Å². The van der Waals surface area contributed by atoms with Crippen LogP contribution in [-0.2, 0) is 6.42 Å². The third-order valence-electron chi connectivity index (χ3n) is 3.76. The molecule has 1 aromatic rings. The molecular weight excluding hydrogens is 260 g/mol. The molecule has 0 spiro atoms. The third kappa shape index (κ3) is 6.65. The molecular formula is C19H30S. The van der Waals surface area contributed by atoms with E-state index in [0.717, 1.165) is 5.92 Å². The first kappa shape index (κ1) is 17.4. The Labute approximate surface area is 130 Å². The number of unbranched alkanes of at least 4 members (excludes halogenated alkanes) is 4. The van der Waals surface area contributed by atoms with Gasteiger partial charge in [-0.15, -0.1) is 11.8 Å². The van der Waals surface area contributed by atoms with Crippen LogP contribution in [0.5, 0.6) is 0 Å². The fraction of sp³-hybridized carbons (Fsp3) is 0.579. The zero-order valence-electron chi connectivity index (χ0n) is 13.5. The van der Waals surface area contributed by atoms with E-state index in [1.165, 1.54) is 61.0 Å². The van der Waals surface area contributed by atoms with Gasteiger partial charge in [-0.1, -0.05) is 70.7 Å². The molecule has 0 nitrogen and oxygen atoms in total. The minimum absolute atomic E-state index is 0.863. The third-order valence-corrected chi connectivity index (χ3v) is 4.57. The number of aryl methyl sites for hydroxylation is 1. The van der Waals surface area contributed by atoms with Crippen LogP contribution in [0.4, 0.5) is 0 Å². The Morgan fingerprint density at radius 1 is 1.10 bits per heavy atom. The van der Waals surface area contributed by atoms with E-state index in [1.54, 1.807) is 11.8 Å². The highest BCUT2D eigenvalue weighted by Crippen LogP contribution is 2.23. The van der Waals surface area contributed by atoms with Crippen molar-refractivity contribution in [3.8, 4) is 0 Å². The summed E-state index contributed by atoms with van der Waals surface area (Å²) in [5.74, 6) is 0.863. The van der Waals surface area contributed by atoms with Crippen LogP contribution >= 0.6 is 11.8 Å². The van der Waals surface area contributed by atoms with Crippen molar-refractivity contribution in [3.63, 3.8) is 0 Å². The van der Waals surface area contributed by atoms with E-state index in [2.05, 4.69) is 44.9 Å². The quantitative estimate of drug-likeness (QED) is 0.346. The Hall–Kier alpha value is -0.690. The smallest absolute Gasteiger partial charge is 0.0142 e. The molecule has 0 bridgehead atoms. The van der Waals surface area contributed by atoms with Crippen molar-refractivity contribution in [1.82, 2.24) is 0 Å². The average Bonchev–Trinajstić information content (AvgIpc) is 2.45. The van der Waals surface area contributed by atoms with Gasteiger partial charge in [0.05, 0.1) is 0 Å². The van der Waals surface area contributed by atoms with Gasteiger partial charge in [0.15, 0.2) is 0 Å². The van der Waals surface area contributed by atoms with Gasteiger partial charge in [0.2, 0.25) is 0 Å². The van der Waals surface area contributed by atoms with E-state index in [-0.39, 0.29) is 0 Å². The van der Waals surface area contributed by atoms with Crippen molar-refractivity contribution in [2.75, 3.05) is 6.26 Å². The van der Waals surface area contributed by atoms with Crippen molar-refractivity contribution >= 4 is 17.8 Å². The van der Waals surface area contributed by atoms with Gasteiger partial charge in [0.1, 0.15) is 0 Å². The van der Waals surface area contributed by atoms with Crippen molar-refractivity contribution in [2.45, 2.75) is 63.7 Å². The first-order valence-corrected chi connectivity index (χ1v) is 9.19. The Morgan fingerprint density at radius 3 is 2.45 bits per heavy atom. The minimum atomic E-state index is 0.863. The second-order valence-electron chi connectivity index (χ2n) is 5.98. The van der Waals surface area contributed by atoms with Crippen molar-refractivity contribution in [3.05, 3.63) is 35.9 Å². The van der Waals surface area contributed by atoms with E-state index < -0.39 is 0 Å². The van der Waals surface area contributed by atoms with Crippen LogP contribution < -0.4 is 0 Å². The molecule has 0 saturated carbocycles. The van der Waals surface area contributed by atoms with Gasteiger partial charge in [0.25, 0.3) is 0 Å². The lowest BCUT2D eigenvalue weighted by Gasteiger charge is -2.07. The number of benzene rings is 1. The molecule has 0 heterocycles. The largest absolute Gasteiger partial charge is 0.129 e. The summed E-state index contributed by atoms with van der Waals surface area (Å²) in [6.07, 6.45) is 13.6. The van der Waals surface area contributed by atoms with Crippen LogP contribution in [0.15, 0.2) is 29.7 Å². The lowest BCUT2D eigenvalue weighted by atomic mass is 10.0. The highest BCUT2D eigenvalue weighted by Gasteiger charge is 2.01. The van der Waals surface area contributed by atoms with Gasteiger partial charge in [0, 0.05) is 4.90 Å². The maximum Gasteiger partial charge on any atom is 0.0142 e. The summed E-state index contributed by atoms with van der Waals surface area (Å²) in [5.41, 5.74) is 2.74. The summed E-state index contributed by atoms with van der Waals surface area (Å²) in [5, 5.41) is 0. The number of hydrogen-bond donors (Lipinski definition) is 0. The maximum atomic E-state index is 3.91. The standard InChI is InChI=1S/C19H30S/c1-5-18-15-17(13-14-19(18)20-4)12-10-8-6-7-9-11-16(2)3/h5,13-16H,1,6-12H2,2-4H3. The number of rotatable bonds is 10. The Bertz CT molecular complexity index is 393. The highest BCUT2D eigenvalue weighted by molar-refractivity contribution is 7.98. The molecule has 112 valence electrons. The number of thioether (sulfide) groups is 1. The van der Waals surface area contributed by atoms with Crippen LogP contribution in [-0.4, -0.2) is 6.26 Å². The maximum absolute atomic E-state index is 3.91. The van der Waals surface area contributed by atoms with E-state index in [4.69, 9.17) is 0 Å². The topological polar surface area (TPSA) is 0 Å². The van der Waals surface area contributed by atoms with Crippen LogP contribution in [0, 0.1) is 5.92 Å². The first-order chi connectivity index (χ1) is 9.67. The Kier molecular flexibility index (Phi) is 8.77. The monoisotopic (exact) mass is 290 g/mol. The fourth-order valence-electron chi connectivity index (χ4n) is 2.51. The van der Waals surface area contributed by atoms with Crippen LogP contribution in [0.25, 0.3) is 6.08 Å². The van der Waals surface area contributed by atoms with Crippen molar-refractivity contribution in [1.29, 1.82) is 0 Å². The Morgan fingerprint density at radius 2 is 1.80 bits per heavy atom.